The third kappa shape index (κ3) is 2.41. The van der Waals surface area contributed by atoms with Crippen LogP contribution in [0.2, 0.25) is 0 Å². The lowest BCUT2D eigenvalue weighted by Crippen LogP contribution is -2.17. The molecule has 1 aromatic rings. The molecule has 3 nitrogen and oxygen atoms in total. The number of hydrogen-bond donors (Lipinski definition) is 1. The summed E-state index contributed by atoms with van der Waals surface area (Å²) in [5, 5.41) is 0. The standard InChI is InChI=1S/C9H15N3.2ClH/c1-7(10)8-6-11-9-4-2-3-5-12(8)9;;/h6-7H,2-5,10H2,1H3;2*1H. The lowest BCUT2D eigenvalue weighted by molar-refractivity contribution is 0.498. The average Bonchev–Trinajstić information content (AvgIpc) is 2.47. The lowest BCUT2D eigenvalue weighted by atomic mass is 10.1. The number of aryl methyl sites for hydroxylation is 1. The molecule has 82 valence electrons. The predicted molar refractivity (Wildman–Crippen MR) is 62.3 cm³/mol. The van der Waals surface area contributed by atoms with E-state index in [1.54, 1.807) is 0 Å². The zero-order valence-corrected chi connectivity index (χ0v) is 9.90. The zero-order chi connectivity index (χ0) is 8.55. The fourth-order valence-electron chi connectivity index (χ4n) is 1.80. The van der Waals surface area contributed by atoms with Crippen molar-refractivity contribution in [2.45, 2.75) is 38.8 Å². The van der Waals surface area contributed by atoms with E-state index in [2.05, 4.69) is 9.55 Å². The Morgan fingerprint density at radius 3 is 2.79 bits per heavy atom. The van der Waals surface area contributed by atoms with E-state index >= 15 is 0 Å². The maximum absolute atomic E-state index is 5.82. The second kappa shape index (κ2) is 5.59. The Kier molecular flexibility index (Phi) is 5.49. The molecule has 0 radical (unpaired) electrons. The number of fused-ring (bicyclic) bond motifs is 1. The van der Waals surface area contributed by atoms with Crippen molar-refractivity contribution in [3.63, 3.8) is 0 Å². The van der Waals surface area contributed by atoms with E-state index in [0.717, 1.165) is 13.0 Å². The molecule has 0 fully saturated rings. The van der Waals surface area contributed by atoms with Crippen molar-refractivity contribution < 1.29 is 0 Å². The van der Waals surface area contributed by atoms with Crippen LogP contribution in [-0.4, -0.2) is 9.55 Å². The predicted octanol–water partition coefficient (Wildman–Crippen LogP) is 2.08. The van der Waals surface area contributed by atoms with Crippen molar-refractivity contribution in [2.24, 2.45) is 5.73 Å². The molecule has 2 heterocycles. The summed E-state index contributed by atoms with van der Waals surface area (Å²) in [6, 6.07) is 0.115. The molecule has 0 bridgehead atoms. The number of nitrogens with two attached hydrogens (primary N) is 1. The first kappa shape index (κ1) is 13.8. The summed E-state index contributed by atoms with van der Waals surface area (Å²) in [6.07, 6.45) is 5.58. The van der Waals surface area contributed by atoms with Gasteiger partial charge in [0, 0.05) is 19.0 Å². The first-order valence-corrected chi connectivity index (χ1v) is 4.59. The minimum Gasteiger partial charge on any atom is -0.331 e. The molecule has 0 spiro atoms. The molecular formula is C9H17Cl2N3. The van der Waals surface area contributed by atoms with Crippen LogP contribution in [0.3, 0.4) is 0 Å². The van der Waals surface area contributed by atoms with Gasteiger partial charge in [-0.2, -0.15) is 0 Å². The Morgan fingerprint density at radius 1 is 1.43 bits per heavy atom. The van der Waals surface area contributed by atoms with Gasteiger partial charge in [-0.05, 0) is 19.8 Å². The Labute approximate surface area is 96.9 Å². The Balaban J connectivity index is 0.000000845. The van der Waals surface area contributed by atoms with Gasteiger partial charge < -0.3 is 10.3 Å². The molecule has 0 aliphatic carbocycles. The van der Waals surface area contributed by atoms with Crippen molar-refractivity contribution in [3.05, 3.63) is 17.7 Å². The molecule has 5 heteroatoms. The number of imidazole rings is 1. The van der Waals surface area contributed by atoms with Crippen LogP contribution in [0.15, 0.2) is 6.20 Å². The molecule has 0 aromatic carbocycles. The van der Waals surface area contributed by atoms with E-state index in [-0.39, 0.29) is 30.9 Å². The molecule has 1 atom stereocenters. The van der Waals surface area contributed by atoms with Crippen LogP contribution in [-0.2, 0) is 13.0 Å². The molecule has 1 aliphatic rings. The van der Waals surface area contributed by atoms with Crippen molar-refractivity contribution in [3.8, 4) is 0 Å². The summed E-state index contributed by atoms with van der Waals surface area (Å²) in [4.78, 5) is 4.36. The van der Waals surface area contributed by atoms with Gasteiger partial charge in [0.2, 0.25) is 0 Å². The maximum Gasteiger partial charge on any atom is 0.108 e. The summed E-state index contributed by atoms with van der Waals surface area (Å²) in [5.41, 5.74) is 7.01. The SMILES string of the molecule is CC(N)c1cnc2n1CCCC2.Cl.Cl. The van der Waals surface area contributed by atoms with Gasteiger partial charge in [0.1, 0.15) is 5.82 Å². The largest absolute Gasteiger partial charge is 0.331 e. The first-order valence-electron chi connectivity index (χ1n) is 4.59. The lowest BCUT2D eigenvalue weighted by Gasteiger charge is -2.17. The molecule has 2 rings (SSSR count). The summed E-state index contributed by atoms with van der Waals surface area (Å²) in [5.74, 6) is 1.22. The Bertz CT molecular complexity index is 284. The van der Waals surface area contributed by atoms with Gasteiger partial charge in [0.15, 0.2) is 0 Å². The highest BCUT2D eigenvalue weighted by atomic mass is 35.5. The fraction of sp³-hybridized carbons (Fsp3) is 0.667. The van der Waals surface area contributed by atoms with Crippen LogP contribution < -0.4 is 5.73 Å². The van der Waals surface area contributed by atoms with Gasteiger partial charge in [-0.15, -0.1) is 24.8 Å². The summed E-state index contributed by atoms with van der Waals surface area (Å²) in [7, 11) is 0. The molecule has 2 N–H and O–H groups in total. The van der Waals surface area contributed by atoms with Crippen LogP contribution in [0.1, 0.15) is 37.3 Å². The van der Waals surface area contributed by atoms with E-state index in [1.165, 1.54) is 24.4 Å². The molecule has 0 saturated heterocycles. The third-order valence-electron chi connectivity index (χ3n) is 2.47. The first-order chi connectivity index (χ1) is 5.79. The minimum absolute atomic E-state index is 0. The number of halogens is 2. The highest BCUT2D eigenvalue weighted by Gasteiger charge is 2.15. The Morgan fingerprint density at radius 2 is 2.14 bits per heavy atom. The van der Waals surface area contributed by atoms with E-state index in [9.17, 15) is 0 Å². The zero-order valence-electron chi connectivity index (χ0n) is 8.27. The van der Waals surface area contributed by atoms with Crippen LogP contribution in [0.5, 0.6) is 0 Å². The highest BCUT2D eigenvalue weighted by molar-refractivity contribution is 5.85. The van der Waals surface area contributed by atoms with Crippen molar-refractivity contribution >= 4 is 24.8 Å². The number of rotatable bonds is 1. The average molecular weight is 238 g/mol. The fourth-order valence-corrected chi connectivity index (χ4v) is 1.80. The van der Waals surface area contributed by atoms with Gasteiger partial charge in [-0.1, -0.05) is 0 Å². The van der Waals surface area contributed by atoms with Crippen molar-refractivity contribution in [1.29, 1.82) is 0 Å². The van der Waals surface area contributed by atoms with Gasteiger partial charge in [-0.25, -0.2) is 4.98 Å². The van der Waals surface area contributed by atoms with Crippen LogP contribution in [0.4, 0.5) is 0 Å². The molecule has 14 heavy (non-hydrogen) atoms. The van der Waals surface area contributed by atoms with Gasteiger partial charge in [-0.3, -0.25) is 0 Å². The topological polar surface area (TPSA) is 43.8 Å². The van der Waals surface area contributed by atoms with E-state index in [4.69, 9.17) is 5.73 Å². The second-order valence-corrected chi connectivity index (χ2v) is 3.50. The third-order valence-corrected chi connectivity index (χ3v) is 2.47. The Hall–Kier alpha value is -0.250. The summed E-state index contributed by atoms with van der Waals surface area (Å²) < 4.78 is 2.27. The summed E-state index contributed by atoms with van der Waals surface area (Å²) in [6.45, 7) is 3.12. The van der Waals surface area contributed by atoms with Gasteiger partial charge in [0.25, 0.3) is 0 Å². The molecule has 1 aliphatic heterocycles. The molecule has 1 unspecified atom stereocenters. The monoisotopic (exact) mass is 237 g/mol. The van der Waals surface area contributed by atoms with Crippen molar-refractivity contribution in [1.82, 2.24) is 9.55 Å². The number of hydrogen-bond acceptors (Lipinski definition) is 2. The van der Waals surface area contributed by atoms with E-state index in [1.807, 2.05) is 13.1 Å². The molecular weight excluding hydrogens is 221 g/mol. The van der Waals surface area contributed by atoms with Crippen LogP contribution >= 0.6 is 24.8 Å². The van der Waals surface area contributed by atoms with Crippen LogP contribution in [0, 0.1) is 0 Å². The minimum atomic E-state index is 0. The molecule has 1 aromatic heterocycles. The summed E-state index contributed by atoms with van der Waals surface area (Å²) >= 11 is 0. The maximum atomic E-state index is 5.82. The van der Waals surface area contributed by atoms with E-state index < -0.39 is 0 Å². The second-order valence-electron chi connectivity index (χ2n) is 3.50. The number of nitrogens with zero attached hydrogens (tertiary/aromatic N) is 2. The number of aromatic nitrogens is 2. The normalized spacial score (nSPS) is 16.1. The highest BCUT2D eigenvalue weighted by Crippen LogP contribution is 2.19. The van der Waals surface area contributed by atoms with Gasteiger partial charge in [0.05, 0.1) is 11.9 Å². The molecule has 0 saturated carbocycles. The van der Waals surface area contributed by atoms with Gasteiger partial charge >= 0.3 is 0 Å². The quantitative estimate of drug-likeness (QED) is 0.814. The van der Waals surface area contributed by atoms with E-state index in [0.29, 0.717) is 0 Å². The van der Waals surface area contributed by atoms with Crippen LogP contribution in [0.25, 0.3) is 0 Å². The van der Waals surface area contributed by atoms with Crippen molar-refractivity contribution in [2.75, 3.05) is 0 Å². The molecule has 0 amide bonds. The smallest absolute Gasteiger partial charge is 0.108 e.